The van der Waals surface area contributed by atoms with Crippen molar-refractivity contribution in [1.82, 2.24) is 5.32 Å². The van der Waals surface area contributed by atoms with E-state index in [1.54, 1.807) is 12.1 Å². The van der Waals surface area contributed by atoms with Crippen LogP contribution in [0.25, 0.3) is 0 Å². The Morgan fingerprint density at radius 1 is 1.00 bits per heavy atom. The molecule has 0 fully saturated rings. The molecule has 8 heteroatoms. The smallest absolute Gasteiger partial charge is 0.287 e. The van der Waals surface area contributed by atoms with E-state index in [-0.39, 0.29) is 28.5 Å². The molecular formula is C21H19F2NO4S. The van der Waals surface area contributed by atoms with Crippen molar-refractivity contribution in [1.29, 1.82) is 0 Å². The van der Waals surface area contributed by atoms with Gasteiger partial charge in [0.2, 0.25) is 0 Å². The summed E-state index contributed by atoms with van der Waals surface area (Å²) >= 11 is 0. The lowest BCUT2D eigenvalue weighted by atomic mass is 10.1. The SMILES string of the molecule is Cc1ccc(S(=O)(=O)Cc2ccc(C(=O)NCc3ccc(F)cc3F)o2)cc1C. The standard InChI is InChI=1S/C21H19F2NO4S/c1-13-3-7-18(9-14(13)2)29(26,27)12-17-6-8-20(28-17)21(25)24-11-15-4-5-16(22)10-19(15)23/h3-10H,11-12H2,1-2H3,(H,24,25). The fourth-order valence-corrected chi connectivity index (χ4v) is 4.01. The lowest BCUT2D eigenvalue weighted by Crippen LogP contribution is -2.22. The Balaban J connectivity index is 1.68. The van der Waals surface area contributed by atoms with Crippen LogP contribution in [0.15, 0.2) is 57.8 Å². The molecule has 0 unspecified atom stereocenters. The quantitative estimate of drug-likeness (QED) is 0.653. The van der Waals surface area contributed by atoms with Gasteiger partial charge in [-0.1, -0.05) is 12.1 Å². The maximum absolute atomic E-state index is 13.6. The minimum absolute atomic E-state index is 0.0993. The van der Waals surface area contributed by atoms with Gasteiger partial charge in [-0.3, -0.25) is 4.79 Å². The van der Waals surface area contributed by atoms with Crippen molar-refractivity contribution in [2.45, 2.75) is 31.0 Å². The molecule has 0 aliphatic rings. The van der Waals surface area contributed by atoms with Crippen LogP contribution in [0, 0.1) is 25.5 Å². The lowest BCUT2D eigenvalue weighted by molar-refractivity contribution is 0.0921. The van der Waals surface area contributed by atoms with Crippen LogP contribution in [0.3, 0.4) is 0 Å². The minimum atomic E-state index is -3.64. The van der Waals surface area contributed by atoms with Gasteiger partial charge in [0.15, 0.2) is 15.6 Å². The summed E-state index contributed by atoms with van der Waals surface area (Å²) in [5, 5.41) is 2.45. The second-order valence-corrected chi connectivity index (χ2v) is 8.68. The summed E-state index contributed by atoms with van der Waals surface area (Å²) in [6.07, 6.45) is 0. The van der Waals surface area contributed by atoms with Crippen LogP contribution in [0.2, 0.25) is 0 Å². The highest BCUT2D eigenvalue weighted by Gasteiger charge is 2.20. The van der Waals surface area contributed by atoms with Crippen LogP contribution < -0.4 is 5.32 Å². The van der Waals surface area contributed by atoms with Crippen LogP contribution in [0.4, 0.5) is 8.78 Å². The summed E-state index contributed by atoms with van der Waals surface area (Å²) in [7, 11) is -3.64. The van der Waals surface area contributed by atoms with Gasteiger partial charge in [0.05, 0.1) is 4.90 Å². The Bertz CT molecular complexity index is 1170. The van der Waals surface area contributed by atoms with E-state index in [0.717, 1.165) is 23.3 Å². The third-order valence-corrected chi connectivity index (χ3v) is 6.15. The van der Waals surface area contributed by atoms with Gasteiger partial charge >= 0.3 is 0 Å². The van der Waals surface area contributed by atoms with Crippen molar-refractivity contribution in [3.63, 3.8) is 0 Å². The molecule has 0 atom stereocenters. The maximum Gasteiger partial charge on any atom is 0.287 e. The number of halogens is 2. The molecular weight excluding hydrogens is 400 g/mol. The molecule has 2 aromatic carbocycles. The zero-order valence-electron chi connectivity index (χ0n) is 15.8. The Hall–Kier alpha value is -3.00. The molecule has 0 saturated carbocycles. The average Bonchev–Trinajstić information content (AvgIpc) is 3.10. The highest BCUT2D eigenvalue weighted by molar-refractivity contribution is 7.90. The average molecular weight is 419 g/mol. The third-order valence-electron chi connectivity index (χ3n) is 4.51. The molecule has 0 aliphatic heterocycles. The van der Waals surface area contributed by atoms with Gasteiger partial charge < -0.3 is 9.73 Å². The highest BCUT2D eigenvalue weighted by atomic mass is 32.2. The molecule has 1 aromatic heterocycles. The summed E-state index contributed by atoms with van der Waals surface area (Å²) < 4.78 is 57.1. The van der Waals surface area contributed by atoms with Crippen molar-refractivity contribution >= 4 is 15.7 Å². The Morgan fingerprint density at radius 3 is 2.45 bits per heavy atom. The zero-order chi connectivity index (χ0) is 21.2. The number of carbonyl (C=O) groups excluding carboxylic acids is 1. The predicted octanol–water partition coefficient (Wildman–Crippen LogP) is 4.08. The summed E-state index contributed by atoms with van der Waals surface area (Å²) in [6.45, 7) is 3.55. The van der Waals surface area contributed by atoms with E-state index in [1.807, 2.05) is 13.8 Å². The first-order chi connectivity index (χ1) is 13.7. The molecule has 3 rings (SSSR count). The molecule has 3 aromatic rings. The number of nitrogens with one attached hydrogen (secondary N) is 1. The number of benzene rings is 2. The van der Waals surface area contributed by atoms with E-state index in [0.29, 0.717) is 0 Å². The number of carbonyl (C=O) groups is 1. The highest BCUT2D eigenvalue weighted by Crippen LogP contribution is 2.21. The number of aryl methyl sites for hydroxylation is 2. The third kappa shape index (κ3) is 4.89. The number of furan rings is 1. The van der Waals surface area contributed by atoms with E-state index >= 15 is 0 Å². The number of amides is 1. The molecule has 1 amide bonds. The van der Waals surface area contributed by atoms with Crippen molar-refractivity contribution in [3.05, 3.63) is 88.4 Å². The number of sulfone groups is 1. The topological polar surface area (TPSA) is 76.4 Å². The second-order valence-electron chi connectivity index (χ2n) is 6.69. The van der Waals surface area contributed by atoms with Crippen LogP contribution in [-0.2, 0) is 22.1 Å². The van der Waals surface area contributed by atoms with Crippen molar-refractivity contribution in [2.75, 3.05) is 0 Å². The summed E-state index contributed by atoms with van der Waals surface area (Å²) in [5.41, 5.74) is 1.96. The first kappa shape index (κ1) is 20.7. The van der Waals surface area contributed by atoms with Gasteiger partial charge in [-0.25, -0.2) is 17.2 Å². The van der Waals surface area contributed by atoms with Crippen LogP contribution in [0.5, 0.6) is 0 Å². The molecule has 0 saturated heterocycles. The Morgan fingerprint density at radius 2 is 1.76 bits per heavy atom. The number of hydrogen-bond acceptors (Lipinski definition) is 4. The van der Waals surface area contributed by atoms with Crippen LogP contribution in [0.1, 0.15) is 33.0 Å². The van der Waals surface area contributed by atoms with Crippen LogP contribution >= 0.6 is 0 Å². The first-order valence-electron chi connectivity index (χ1n) is 8.76. The maximum atomic E-state index is 13.6. The molecule has 29 heavy (non-hydrogen) atoms. The minimum Gasteiger partial charge on any atom is -0.455 e. The number of hydrogen-bond donors (Lipinski definition) is 1. The number of rotatable bonds is 6. The fourth-order valence-electron chi connectivity index (χ4n) is 2.68. The van der Waals surface area contributed by atoms with E-state index in [9.17, 15) is 22.0 Å². The van der Waals surface area contributed by atoms with Gasteiger partial charge in [-0.15, -0.1) is 0 Å². The molecule has 0 spiro atoms. The lowest BCUT2D eigenvalue weighted by Gasteiger charge is -2.06. The molecule has 0 radical (unpaired) electrons. The zero-order valence-corrected chi connectivity index (χ0v) is 16.6. The predicted molar refractivity (Wildman–Crippen MR) is 103 cm³/mol. The van der Waals surface area contributed by atoms with Crippen molar-refractivity contribution < 1.29 is 26.4 Å². The Kier molecular flexibility index (Phi) is 5.83. The molecule has 1 heterocycles. The normalized spacial score (nSPS) is 11.4. The largest absolute Gasteiger partial charge is 0.455 e. The summed E-state index contributed by atoms with van der Waals surface area (Å²) in [4.78, 5) is 12.4. The van der Waals surface area contributed by atoms with Gasteiger partial charge in [0.1, 0.15) is 23.1 Å². The van der Waals surface area contributed by atoms with Gasteiger partial charge in [-0.2, -0.15) is 0 Å². The van der Waals surface area contributed by atoms with Crippen molar-refractivity contribution in [3.8, 4) is 0 Å². The van der Waals surface area contributed by atoms with Crippen molar-refractivity contribution in [2.24, 2.45) is 0 Å². The molecule has 1 N–H and O–H groups in total. The molecule has 152 valence electrons. The Labute approximate surface area is 167 Å². The van der Waals surface area contributed by atoms with Crippen LogP contribution in [-0.4, -0.2) is 14.3 Å². The van der Waals surface area contributed by atoms with Gasteiger partial charge in [0, 0.05) is 18.2 Å². The molecule has 5 nitrogen and oxygen atoms in total. The molecule has 0 aliphatic carbocycles. The van der Waals surface area contributed by atoms with Gasteiger partial charge in [0.25, 0.3) is 5.91 Å². The summed E-state index contributed by atoms with van der Waals surface area (Å²) in [6, 6.07) is 10.7. The van der Waals surface area contributed by atoms with Gasteiger partial charge in [-0.05, 0) is 55.3 Å². The van der Waals surface area contributed by atoms with E-state index in [2.05, 4.69) is 5.32 Å². The van der Waals surface area contributed by atoms with E-state index in [4.69, 9.17) is 4.42 Å². The fraction of sp³-hybridized carbons (Fsp3) is 0.190. The van der Waals surface area contributed by atoms with E-state index < -0.39 is 33.1 Å². The molecule has 0 bridgehead atoms. The monoisotopic (exact) mass is 419 g/mol. The van der Waals surface area contributed by atoms with E-state index in [1.165, 1.54) is 24.3 Å². The first-order valence-corrected chi connectivity index (χ1v) is 10.4. The second kappa shape index (κ2) is 8.16. The summed E-state index contributed by atoms with van der Waals surface area (Å²) in [5.74, 6) is -2.50.